The van der Waals surface area contributed by atoms with E-state index in [2.05, 4.69) is 9.72 Å². The van der Waals surface area contributed by atoms with Crippen LogP contribution in [0.3, 0.4) is 0 Å². The van der Waals surface area contributed by atoms with Crippen LogP contribution in [0.4, 0.5) is 14.6 Å². The molecule has 0 radical (unpaired) electrons. The minimum Gasteiger partial charge on any atom is -0.465 e. The third kappa shape index (κ3) is 8.33. The van der Waals surface area contributed by atoms with Gasteiger partial charge in [0.2, 0.25) is 5.91 Å². The number of carbonyl (C=O) groups is 2. The molecule has 216 valence electrons. The molecule has 0 aliphatic heterocycles. The number of ether oxygens (including phenoxy) is 2. The number of hydrogen-bond donors (Lipinski definition) is 0. The van der Waals surface area contributed by atoms with Gasteiger partial charge in [-0.1, -0.05) is 71.0 Å². The largest absolute Gasteiger partial charge is 0.465 e. The molecule has 4 rings (SSSR count). The number of amides is 1. The van der Waals surface area contributed by atoms with Crippen LogP contribution in [0, 0.1) is 5.41 Å². The second-order valence-electron chi connectivity index (χ2n) is 10.4. The van der Waals surface area contributed by atoms with Crippen LogP contribution >= 0.6 is 0 Å². The van der Waals surface area contributed by atoms with E-state index in [0.717, 1.165) is 27.5 Å². The fourth-order valence-corrected chi connectivity index (χ4v) is 4.27. The molecule has 0 bridgehead atoms. The Bertz CT molecular complexity index is 1460. The Hall–Kier alpha value is -4.33. The highest BCUT2D eigenvalue weighted by atomic mass is 19.3. The molecule has 0 N–H and O–H groups in total. The van der Waals surface area contributed by atoms with Crippen molar-refractivity contribution in [3.8, 4) is 16.9 Å². The molecule has 0 saturated carbocycles. The maximum atomic E-state index is 13.6. The first-order valence-electron chi connectivity index (χ1n) is 13.5. The van der Waals surface area contributed by atoms with Crippen LogP contribution in [-0.2, 0) is 16.1 Å². The predicted molar refractivity (Wildman–Crippen MR) is 158 cm³/mol. The quantitative estimate of drug-likeness (QED) is 0.202. The van der Waals surface area contributed by atoms with Gasteiger partial charge in [0.1, 0.15) is 11.6 Å². The number of fused-ring (bicyclic) bond motifs is 1. The summed E-state index contributed by atoms with van der Waals surface area (Å²) in [7, 11) is 1.33. The molecule has 3 aromatic carbocycles. The van der Waals surface area contributed by atoms with E-state index in [9.17, 15) is 18.4 Å². The van der Waals surface area contributed by atoms with Gasteiger partial charge in [-0.3, -0.25) is 9.69 Å². The summed E-state index contributed by atoms with van der Waals surface area (Å²) in [6.07, 6.45) is 1.94. The van der Waals surface area contributed by atoms with Crippen molar-refractivity contribution in [1.29, 1.82) is 0 Å². The Morgan fingerprint density at radius 2 is 1.51 bits per heavy atom. The van der Waals surface area contributed by atoms with Crippen molar-refractivity contribution in [3.63, 3.8) is 0 Å². The summed E-state index contributed by atoms with van der Waals surface area (Å²) in [4.78, 5) is 31.8. The van der Waals surface area contributed by atoms with Gasteiger partial charge < -0.3 is 9.47 Å². The van der Waals surface area contributed by atoms with E-state index >= 15 is 0 Å². The molecule has 8 heteroatoms. The smallest absolute Gasteiger partial charge is 0.387 e. The second-order valence-corrected chi connectivity index (χ2v) is 10.4. The maximum Gasteiger partial charge on any atom is 0.387 e. The summed E-state index contributed by atoms with van der Waals surface area (Å²) in [6, 6.07) is 21.1. The molecule has 41 heavy (non-hydrogen) atoms. The van der Waals surface area contributed by atoms with Crippen molar-refractivity contribution in [2.24, 2.45) is 5.41 Å². The van der Waals surface area contributed by atoms with Gasteiger partial charge in [-0.2, -0.15) is 8.78 Å². The molecule has 0 spiro atoms. The number of hydrogen-bond acceptors (Lipinski definition) is 5. The highest BCUT2D eigenvalue weighted by Gasteiger charge is 2.25. The molecule has 0 atom stereocenters. The Labute approximate surface area is 239 Å². The molecule has 1 amide bonds. The molecule has 4 aromatic rings. The molecule has 0 fully saturated rings. The van der Waals surface area contributed by atoms with Gasteiger partial charge in [-0.05, 0) is 63.9 Å². The molecular weight excluding hydrogens is 526 g/mol. The van der Waals surface area contributed by atoms with Gasteiger partial charge in [-0.15, -0.1) is 0 Å². The van der Waals surface area contributed by atoms with E-state index < -0.39 is 12.6 Å². The highest BCUT2D eigenvalue weighted by molar-refractivity contribution is 6.04. The summed E-state index contributed by atoms with van der Waals surface area (Å²) in [5.74, 6) is 0.0990. The maximum absolute atomic E-state index is 13.6. The van der Waals surface area contributed by atoms with Gasteiger partial charge >= 0.3 is 12.6 Å². The van der Waals surface area contributed by atoms with Gasteiger partial charge in [0.25, 0.3) is 0 Å². The molecule has 0 unspecified atom stereocenters. The molecule has 0 aliphatic carbocycles. The number of carbonyl (C=O) groups excluding carboxylic acids is 2. The summed E-state index contributed by atoms with van der Waals surface area (Å²) >= 11 is 0. The molecule has 0 saturated heterocycles. The van der Waals surface area contributed by atoms with E-state index in [4.69, 9.17) is 4.74 Å². The number of rotatable bonds is 8. The zero-order valence-electron chi connectivity index (χ0n) is 24.3. The van der Waals surface area contributed by atoms with Gasteiger partial charge in [0, 0.05) is 18.0 Å². The number of halogens is 2. The first kappa shape index (κ1) is 31.2. The lowest BCUT2D eigenvalue weighted by atomic mass is 9.91. The van der Waals surface area contributed by atoms with Crippen LogP contribution in [-0.4, -0.2) is 30.6 Å². The van der Waals surface area contributed by atoms with Gasteiger partial charge in [0.15, 0.2) is 0 Å². The SMILES string of the molecule is CC.COC(=O)c1ccc2c(N(Cc3ccc(-c4ccc(OC(F)F)cc4)cc3)C(=O)CC(C)(C)C)nccc2c1. The topological polar surface area (TPSA) is 68.7 Å². The number of anilines is 1. The van der Waals surface area contributed by atoms with E-state index in [-0.39, 0.29) is 17.1 Å². The van der Waals surface area contributed by atoms with Crippen molar-refractivity contribution < 1.29 is 27.8 Å². The minimum atomic E-state index is -2.87. The van der Waals surface area contributed by atoms with Crippen molar-refractivity contribution in [1.82, 2.24) is 4.98 Å². The molecule has 1 heterocycles. The Morgan fingerprint density at radius 1 is 0.902 bits per heavy atom. The normalized spacial score (nSPS) is 11.0. The lowest BCUT2D eigenvalue weighted by molar-refractivity contribution is -0.120. The highest BCUT2D eigenvalue weighted by Crippen LogP contribution is 2.30. The van der Waals surface area contributed by atoms with Crippen LogP contribution in [0.2, 0.25) is 0 Å². The third-order valence-electron chi connectivity index (χ3n) is 6.11. The third-order valence-corrected chi connectivity index (χ3v) is 6.11. The zero-order valence-corrected chi connectivity index (χ0v) is 24.3. The molecular formula is C33H36F2N2O4. The number of nitrogens with zero attached hydrogens (tertiary/aromatic N) is 2. The molecule has 6 nitrogen and oxygen atoms in total. The summed E-state index contributed by atoms with van der Waals surface area (Å²) in [5, 5.41) is 1.52. The van der Waals surface area contributed by atoms with Crippen LogP contribution in [0.5, 0.6) is 5.75 Å². The number of esters is 1. The minimum absolute atomic E-state index is 0.0711. The molecule has 1 aromatic heterocycles. The Kier molecular flexibility index (Phi) is 10.5. The van der Waals surface area contributed by atoms with Crippen molar-refractivity contribution in [3.05, 3.63) is 90.1 Å². The van der Waals surface area contributed by atoms with Crippen LogP contribution in [0.1, 0.15) is 57.0 Å². The van der Waals surface area contributed by atoms with Crippen molar-refractivity contribution in [2.75, 3.05) is 12.0 Å². The summed E-state index contributed by atoms with van der Waals surface area (Å²) in [5.41, 5.74) is 2.82. The predicted octanol–water partition coefficient (Wildman–Crippen LogP) is 8.29. The first-order chi connectivity index (χ1) is 19.5. The Morgan fingerprint density at radius 3 is 2.07 bits per heavy atom. The number of benzene rings is 3. The van der Waals surface area contributed by atoms with E-state index in [1.165, 1.54) is 19.2 Å². The second kappa shape index (κ2) is 13.8. The Balaban J connectivity index is 0.00000226. The lowest BCUT2D eigenvalue weighted by Crippen LogP contribution is -2.34. The van der Waals surface area contributed by atoms with Crippen LogP contribution in [0.25, 0.3) is 21.9 Å². The molecule has 0 aliphatic rings. The number of pyridine rings is 1. The van der Waals surface area contributed by atoms with Gasteiger partial charge in [-0.25, -0.2) is 9.78 Å². The standard InChI is InChI=1S/C31H30F2N2O4.C2H6/c1-31(2,3)18-27(36)35(28-26-14-11-24(29(37)38-4)17-23(26)15-16-34-28)19-20-5-7-21(8-6-20)22-9-12-25(13-10-22)39-30(32)33;1-2/h5-17,30H,18-19H2,1-4H3;1-2H3. The van der Waals surface area contributed by atoms with Crippen molar-refractivity contribution >= 4 is 28.5 Å². The lowest BCUT2D eigenvalue weighted by Gasteiger charge is -2.27. The monoisotopic (exact) mass is 562 g/mol. The van der Waals surface area contributed by atoms with E-state index in [1.54, 1.807) is 47.5 Å². The summed E-state index contributed by atoms with van der Waals surface area (Å²) < 4.78 is 34.1. The first-order valence-corrected chi connectivity index (χ1v) is 13.5. The average molecular weight is 563 g/mol. The zero-order chi connectivity index (χ0) is 30.2. The van der Waals surface area contributed by atoms with E-state index in [1.807, 2.05) is 58.9 Å². The van der Waals surface area contributed by atoms with Crippen LogP contribution in [0.15, 0.2) is 79.0 Å². The van der Waals surface area contributed by atoms with Crippen LogP contribution < -0.4 is 9.64 Å². The number of methoxy groups -OCH3 is 1. The van der Waals surface area contributed by atoms with Gasteiger partial charge in [0.05, 0.1) is 19.2 Å². The fourth-order valence-electron chi connectivity index (χ4n) is 4.27. The van der Waals surface area contributed by atoms with Crippen molar-refractivity contribution in [2.45, 2.75) is 54.2 Å². The van der Waals surface area contributed by atoms with E-state index in [0.29, 0.717) is 24.3 Å². The number of aromatic nitrogens is 1. The number of alkyl halides is 2. The average Bonchev–Trinajstić information content (AvgIpc) is 2.95. The fraction of sp³-hybridized carbons (Fsp3) is 0.303. The summed E-state index contributed by atoms with van der Waals surface area (Å²) in [6.45, 7) is 7.45.